The Bertz CT molecular complexity index is 473. The smallest absolute Gasteiger partial charge is 0.404 e. The van der Waals surface area contributed by atoms with Crippen molar-refractivity contribution < 1.29 is 9.34 Å². The molecule has 0 unspecified atom stereocenters. The number of furan rings is 1. The molecule has 1 aliphatic heterocycles. The Morgan fingerprint density at radius 3 is 2.57 bits per heavy atom. The van der Waals surface area contributed by atoms with Crippen LogP contribution in [0.15, 0.2) is 28.7 Å². The summed E-state index contributed by atoms with van der Waals surface area (Å²) in [6.45, 7) is 9.57. The van der Waals surface area contributed by atoms with Crippen LogP contribution in [-0.4, -0.2) is 36.0 Å². The zero-order valence-electron chi connectivity index (χ0n) is 11.9. The molecule has 0 aliphatic carbocycles. The van der Waals surface area contributed by atoms with Gasteiger partial charge in [0, 0.05) is 26.2 Å². The normalized spacial score (nSPS) is 16.4. The van der Waals surface area contributed by atoms with E-state index in [4.69, 9.17) is 4.42 Å². The minimum Gasteiger partial charge on any atom is -0.404 e. The van der Waals surface area contributed by atoms with E-state index in [0.717, 1.165) is 38.2 Å². The van der Waals surface area contributed by atoms with Gasteiger partial charge in [-0.25, -0.2) is 0 Å². The molecular formula is C13H21Cl2N3O3. The highest BCUT2D eigenvalue weighted by Crippen LogP contribution is 2.30. The molecular weight excluding hydrogens is 317 g/mol. The summed E-state index contributed by atoms with van der Waals surface area (Å²) in [4.78, 5) is 12.5. The summed E-state index contributed by atoms with van der Waals surface area (Å²) in [6, 6.07) is 3.16. The molecule has 0 bridgehead atoms. The maximum atomic E-state index is 10.7. The average molecular weight is 338 g/mol. The van der Waals surface area contributed by atoms with Gasteiger partial charge in [0.25, 0.3) is 0 Å². The van der Waals surface area contributed by atoms with E-state index in [1.807, 2.05) is 6.92 Å². The fourth-order valence-electron chi connectivity index (χ4n) is 2.35. The third-order valence-electron chi connectivity index (χ3n) is 3.26. The lowest BCUT2D eigenvalue weighted by Crippen LogP contribution is -2.45. The molecule has 0 aromatic carbocycles. The Hall–Kier alpha value is -1.08. The number of piperazine rings is 1. The molecule has 8 heteroatoms. The van der Waals surface area contributed by atoms with Crippen LogP contribution in [0.5, 0.6) is 0 Å². The Morgan fingerprint density at radius 2 is 2.10 bits per heavy atom. The molecule has 1 aromatic heterocycles. The fraction of sp³-hybridized carbons (Fsp3) is 0.538. The van der Waals surface area contributed by atoms with Crippen molar-refractivity contribution in [2.24, 2.45) is 0 Å². The van der Waals surface area contributed by atoms with Gasteiger partial charge >= 0.3 is 5.88 Å². The van der Waals surface area contributed by atoms with E-state index in [9.17, 15) is 10.1 Å². The summed E-state index contributed by atoms with van der Waals surface area (Å²) < 4.78 is 5.36. The van der Waals surface area contributed by atoms with Crippen molar-refractivity contribution in [1.29, 1.82) is 0 Å². The van der Waals surface area contributed by atoms with Crippen LogP contribution in [0, 0.1) is 10.1 Å². The second-order valence-corrected chi connectivity index (χ2v) is 4.90. The molecule has 1 aromatic rings. The number of nitrogens with one attached hydrogen (secondary N) is 1. The summed E-state index contributed by atoms with van der Waals surface area (Å²) >= 11 is 0. The van der Waals surface area contributed by atoms with Crippen molar-refractivity contribution in [1.82, 2.24) is 10.2 Å². The van der Waals surface area contributed by atoms with Crippen LogP contribution in [0.25, 0.3) is 0 Å². The van der Waals surface area contributed by atoms with Gasteiger partial charge in [-0.2, -0.15) is 0 Å². The largest absolute Gasteiger partial charge is 0.433 e. The van der Waals surface area contributed by atoms with E-state index in [2.05, 4.69) is 16.8 Å². The minimum absolute atomic E-state index is 0. The Labute approximate surface area is 136 Å². The Balaban J connectivity index is 0.00000200. The van der Waals surface area contributed by atoms with Crippen molar-refractivity contribution in [2.45, 2.75) is 19.4 Å². The van der Waals surface area contributed by atoms with Crippen LogP contribution in [0.2, 0.25) is 0 Å². The number of rotatable bonds is 5. The van der Waals surface area contributed by atoms with Crippen LogP contribution >= 0.6 is 24.8 Å². The lowest BCUT2D eigenvalue weighted by atomic mass is 10.0. The van der Waals surface area contributed by atoms with Crippen LogP contribution in [0.1, 0.15) is 25.1 Å². The van der Waals surface area contributed by atoms with Crippen molar-refractivity contribution in [3.05, 3.63) is 40.2 Å². The fourth-order valence-corrected chi connectivity index (χ4v) is 2.35. The predicted octanol–water partition coefficient (Wildman–Crippen LogP) is 2.94. The molecule has 1 N–H and O–H groups in total. The van der Waals surface area contributed by atoms with Crippen molar-refractivity contribution in [3.63, 3.8) is 0 Å². The molecule has 21 heavy (non-hydrogen) atoms. The molecule has 1 atom stereocenters. The molecule has 6 nitrogen and oxygen atoms in total. The van der Waals surface area contributed by atoms with Gasteiger partial charge in [0.15, 0.2) is 0 Å². The summed E-state index contributed by atoms with van der Waals surface area (Å²) in [5, 5.41) is 14.0. The van der Waals surface area contributed by atoms with Gasteiger partial charge in [0.2, 0.25) is 0 Å². The zero-order chi connectivity index (χ0) is 13.8. The second-order valence-electron chi connectivity index (χ2n) is 4.90. The Kier molecular flexibility index (Phi) is 8.58. The van der Waals surface area contributed by atoms with Gasteiger partial charge in [-0.1, -0.05) is 5.57 Å². The van der Waals surface area contributed by atoms with Crippen LogP contribution in [0.3, 0.4) is 0 Å². The zero-order valence-corrected chi connectivity index (χ0v) is 13.5. The first-order valence-electron chi connectivity index (χ1n) is 6.41. The van der Waals surface area contributed by atoms with E-state index in [1.165, 1.54) is 6.07 Å². The lowest BCUT2D eigenvalue weighted by molar-refractivity contribution is -0.402. The number of nitrogens with zero attached hydrogens (tertiary/aromatic N) is 2. The van der Waals surface area contributed by atoms with Crippen molar-refractivity contribution in [3.8, 4) is 0 Å². The van der Waals surface area contributed by atoms with Crippen LogP contribution in [-0.2, 0) is 0 Å². The molecule has 0 amide bonds. The first-order valence-corrected chi connectivity index (χ1v) is 6.41. The molecule has 2 heterocycles. The van der Waals surface area contributed by atoms with Crippen LogP contribution in [0.4, 0.5) is 5.88 Å². The minimum atomic E-state index is -0.501. The van der Waals surface area contributed by atoms with Gasteiger partial charge in [0.05, 0.1) is 12.1 Å². The molecule has 120 valence electrons. The molecule has 1 saturated heterocycles. The highest BCUT2D eigenvalue weighted by atomic mass is 35.5. The lowest BCUT2D eigenvalue weighted by Gasteiger charge is -2.33. The van der Waals surface area contributed by atoms with Gasteiger partial charge in [-0.15, -0.1) is 31.4 Å². The van der Waals surface area contributed by atoms with Crippen molar-refractivity contribution >= 4 is 30.7 Å². The van der Waals surface area contributed by atoms with Gasteiger partial charge in [0.1, 0.15) is 10.7 Å². The van der Waals surface area contributed by atoms with Gasteiger partial charge in [-0.05, 0) is 19.4 Å². The number of halogens is 2. The van der Waals surface area contributed by atoms with Gasteiger partial charge in [-0.3, -0.25) is 15.0 Å². The summed E-state index contributed by atoms with van der Waals surface area (Å²) in [5.41, 5.74) is 1.04. The van der Waals surface area contributed by atoms with E-state index in [1.54, 1.807) is 6.07 Å². The molecule has 1 fully saturated rings. The van der Waals surface area contributed by atoms with E-state index in [0.29, 0.717) is 5.76 Å². The summed E-state index contributed by atoms with van der Waals surface area (Å²) in [5.74, 6) is 0.452. The third-order valence-corrected chi connectivity index (χ3v) is 3.26. The molecule has 0 spiro atoms. The van der Waals surface area contributed by atoms with E-state index >= 15 is 0 Å². The van der Waals surface area contributed by atoms with E-state index < -0.39 is 4.92 Å². The summed E-state index contributed by atoms with van der Waals surface area (Å²) in [6.07, 6.45) is 0.755. The standard InChI is InChI=1S/C13H19N3O3.2ClH/c1-10(2)9-11(15-7-5-14-6-8-15)12-3-4-13(19-12)16(17)18;;/h3-4,11,14H,1,5-9H2,2H3;2*1H/t11-;;/m0../s1. The maximum absolute atomic E-state index is 10.7. The highest BCUT2D eigenvalue weighted by molar-refractivity contribution is 5.85. The molecule has 0 saturated carbocycles. The third kappa shape index (κ3) is 5.32. The number of nitro groups is 1. The van der Waals surface area contributed by atoms with Crippen molar-refractivity contribution in [2.75, 3.05) is 26.2 Å². The van der Waals surface area contributed by atoms with Crippen LogP contribution < -0.4 is 5.32 Å². The van der Waals surface area contributed by atoms with Gasteiger partial charge < -0.3 is 9.73 Å². The number of hydrogen-bond donors (Lipinski definition) is 1. The monoisotopic (exact) mass is 337 g/mol. The molecule has 1 aliphatic rings. The first-order chi connectivity index (χ1) is 9.08. The number of hydrogen-bond acceptors (Lipinski definition) is 5. The molecule has 2 rings (SSSR count). The second kappa shape index (κ2) is 9.04. The SMILES string of the molecule is C=C(C)C[C@@H](c1ccc([N+](=O)[O-])o1)N1CCNCC1.Cl.Cl. The topological polar surface area (TPSA) is 71.5 Å². The molecule has 0 radical (unpaired) electrons. The summed E-state index contributed by atoms with van der Waals surface area (Å²) in [7, 11) is 0. The highest BCUT2D eigenvalue weighted by Gasteiger charge is 2.26. The Morgan fingerprint density at radius 1 is 1.48 bits per heavy atom. The average Bonchev–Trinajstić information content (AvgIpc) is 2.86. The predicted molar refractivity (Wildman–Crippen MR) is 86.5 cm³/mol. The van der Waals surface area contributed by atoms with E-state index in [-0.39, 0.29) is 36.7 Å². The quantitative estimate of drug-likeness (QED) is 0.508. The first kappa shape index (κ1) is 19.9. The maximum Gasteiger partial charge on any atom is 0.433 e.